The number of imide groups is 2. The Labute approximate surface area is 773 Å². The molecular weight excluding hydrogens is 1730 g/mol. The van der Waals surface area contributed by atoms with Gasteiger partial charge in [0.25, 0.3) is 23.6 Å². The molecule has 8 aliphatic heterocycles. The van der Waals surface area contributed by atoms with Crippen molar-refractivity contribution in [3.8, 4) is 34.0 Å². The summed E-state index contributed by atoms with van der Waals surface area (Å²) < 4.78 is 41.7. The molecule has 135 heavy (non-hydrogen) atoms. The predicted molar refractivity (Wildman–Crippen MR) is 496 cm³/mol. The van der Waals surface area contributed by atoms with Crippen LogP contribution in [-0.2, 0) is 58.3 Å². The Kier molecular flexibility index (Phi) is 26.2. The number of anilines is 4. The summed E-state index contributed by atoms with van der Waals surface area (Å²) in [4.78, 5) is 156. The molecule has 0 aliphatic carbocycles. The van der Waals surface area contributed by atoms with Gasteiger partial charge < -0.3 is 61.2 Å². The third-order valence-electron chi connectivity index (χ3n) is 26.3. The molecule has 6 fully saturated rings. The van der Waals surface area contributed by atoms with Crippen LogP contribution in [0.15, 0.2) is 183 Å². The van der Waals surface area contributed by atoms with Crippen molar-refractivity contribution in [2.45, 2.75) is 108 Å². The van der Waals surface area contributed by atoms with Gasteiger partial charge in [-0.1, -0.05) is 72.8 Å². The second-order valence-corrected chi connectivity index (χ2v) is 34.7. The molecule has 20 rings (SSSR count). The SMILES string of the molecule is COc1ccc(F)cc1C(=O)CCc1ccc(-c2nn(C3CCNC3)c3ncnc(N)c23)cc1.COc1ccc(F)cc1C(=O)NCc1ccc(-c2nn(C3CCN(C(=O)c4ccc(CN5CCN(c6ccc7c(c6)CN([C@H]6CCC(=O)NC6=O)C7=O)CC5)cc4)C3)c3ncnc(N)c23)cc1.O=C1CC[C@H](N2Cc3cc(N4CCN(Cc5ccc(C(=O)O)cc5)CC4)ccc3C2=O)C(=O)N1. The van der Waals surface area contributed by atoms with Crippen molar-refractivity contribution >= 4 is 104 Å². The minimum absolute atomic E-state index is 0.0525. The number of carbonyl (C=O) groups excluding carboxylic acids is 9. The van der Waals surface area contributed by atoms with Crippen LogP contribution in [-0.4, -0.2) is 233 Å². The van der Waals surface area contributed by atoms with Gasteiger partial charge in [0.15, 0.2) is 17.1 Å². The lowest BCUT2D eigenvalue weighted by molar-refractivity contribution is -0.138. The minimum atomic E-state index is -0.920. The van der Waals surface area contributed by atoms with E-state index in [0.29, 0.717) is 108 Å². The number of piperidine rings is 2. The highest BCUT2D eigenvalue weighted by molar-refractivity contribution is 6.08. The van der Waals surface area contributed by atoms with Crippen LogP contribution < -0.4 is 52.0 Å². The number of likely N-dealkylation sites (tertiary alicyclic amines) is 1. The number of halogens is 2. The number of fused-ring (bicyclic) bond motifs is 4. The lowest BCUT2D eigenvalue weighted by Gasteiger charge is -2.36. The van der Waals surface area contributed by atoms with Crippen molar-refractivity contribution in [2.24, 2.45) is 0 Å². The van der Waals surface area contributed by atoms with E-state index in [4.69, 9.17) is 36.2 Å². The number of carboxylic acids is 1. The van der Waals surface area contributed by atoms with E-state index in [2.05, 4.69) is 66.9 Å². The quantitative estimate of drug-likeness (QED) is 0.0231. The third-order valence-corrected chi connectivity index (χ3v) is 26.3. The van der Waals surface area contributed by atoms with Gasteiger partial charge in [0.05, 0.1) is 53.8 Å². The molecule has 0 bridgehead atoms. The van der Waals surface area contributed by atoms with Gasteiger partial charge in [-0.2, -0.15) is 10.2 Å². The molecule has 34 nitrogen and oxygen atoms in total. The summed E-state index contributed by atoms with van der Waals surface area (Å²) in [5.74, 6) is -2.98. The molecule has 9 N–H and O–H groups in total. The van der Waals surface area contributed by atoms with Crippen molar-refractivity contribution in [3.05, 3.63) is 261 Å². The molecule has 0 saturated carbocycles. The number of aromatic nitrogens is 8. The van der Waals surface area contributed by atoms with Gasteiger partial charge in [-0.05, 0) is 169 Å². The van der Waals surface area contributed by atoms with E-state index in [1.165, 1.54) is 57.2 Å². The second kappa shape index (κ2) is 39.2. The first-order chi connectivity index (χ1) is 65.4. The van der Waals surface area contributed by atoms with E-state index in [-0.39, 0.29) is 90.1 Å². The lowest BCUT2D eigenvalue weighted by atomic mass is 10.00. The fourth-order valence-electron chi connectivity index (χ4n) is 19.0. The van der Waals surface area contributed by atoms with Crippen molar-refractivity contribution in [1.82, 2.24) is 85.3 Å². The highest BCUT2D eigenvalue weighted by Gasteiger charge is 2.42. The Hall–Kier alpha value is -15.3. The van der Waals surface area contributed by atoms with E-state index in [0.717, 1.165) is 164 Å². The number of nitrogens with two attached hydrogens (primary N) is 2. The summed E-state index contributed by atoms with van der Waals surface area (Å²) in [6.45, 7) is 12.0. The number of aromatic carboxylic acids is 1. The molecule has 36 heteroatoms. The maximum absolute atomic E-state index is 13.9. The number of piperazine rings is 2. The summed E-state index contributed by atoms with van der Waals surface area (Å²) in [5.41, 5.74) is 27.4. The number of hydrogen-bond donors (Lipinski definition) is 7. The van der Waals surface area contributed by atoms with E-state index < -0.39 is 47.4 Å². The molecule has 8 aliphatic rings. The average molecular weight is 1830 g/mol. The molecule has 8 amide bonds. The Morgan fingerprint density at radius 1 is 0.511 bits per heavy atom. The van der Waals surface area contributed by atoms with Crippen molar-refractivity contribution in [2.75, 3.05) is 114 Å². The third kappa shape index (κ3) is 19.4. The number of Topliss-reactive ketones (excluding diaryl/α,β-unsaturated/α-hetero) is 1. The van der Waals surface area contributed by atoms with Gasteiger partial charge in [0.2, 0.25) is 23.6 Å². The number of nitrogen functional groups attached to an aromatic ring is 2. The molecule has 2 unspecified atom stereocenters. The van der Waals surface area contributed by atoms with Crippen LogP contribution in [0.4, 0.5) is 31.8 Å². The van der Waals surface area contributed by atoms with Crippen LogP contribution in [0, 0.1) is 11.6 Å². The largest absolute Gasteiger partial charge is 0.496 e. The summed E-state index contributed by atoms with van der Waals surface area (Å²) >= 11 is 0. The number of ketones is 1. The number of ether oxygens (including phenoxy) is 2. The first kappa shape index (κ1) is 90.3. The Morgan fingerprint density at radius 3 is 1.47 bits per heavy atom. The smallest absolute Gasteiger partial charge is 0.335 e. The number of carbonyl (C=O) groups is 10. The van der Waals surface area contributed by atoms with Crippen LogP contribution in [0.1, 0.15) is 153 Å². The van der Waals surface area contributed by atoms with E-state index >= 15 is 0 Å². The van der Waals surface area contributed by atoms with Gasteiger partial charge in [0, 0.05) is 163 Å². The number of methoxy groups -OCH3 is 2. The number of aryl methyl sites for hydroxylation is 1. The molecule has 4 aromatic heterocycles. The highest BCUT2D eigenvalue weighted by Crippen LogP contribution is 2.39. The van der Waals surface area contributed by atoms with Gasteiger partial charge in [-0.25, -0.2) is 42.9 Å². The number of rotatable bonds is 23. The van der Waals surface area contributed by atoms with Crippen molar-refractivity contribution in [1.29, 1.82) is 0 Å². The van der Waals surface area contributed by atoms with Gasteiger partial charge in [-0.3, -0.25) is 63.6 Å². The van der Waals surface area contributed by atoms with Crippen molar-refractivity contribution < 1.29 is 71.3 Å². The molecule has 0 spiro atoms. The van der Waals surface area contributed by atoms with E-state index in [1.54, 1.807) is 21.9 Å². The normalized spacial score (nSPS) is 18.5. The topological polar surface area (TPSA) is 419 Å². The van der Waals surface area contributed by atoms with Crippen LogP contribution in [0.5, 0.6) is 11.5 Å². The van der Waals surface area contributed by atoms with Crippen LogP contribution >= 0.6 is 0 Å². The number of nitrogens with zero attached hydrogens (tertiary/aromatic N) is 15. The van der Waals surface area contributed by atoms with Gasteiger partial charge in [0.1, 0.15) is 70.9 Å². The average Bonchev–Trinajstić information content (AvgIpc) is 1.58. The predicted octanol–water partition coefficient (Wildman–Crippen LogP) is 9.36. The summed E-state index contributed by atoms with van der Waals surface area (Å²) in [5, 5.41) is 31.1. The first-order valence-corrected chi connectivity index (χ1v) is 45.0. The monoisotopic (exact) mass is 1830 g/mol. The fourth-order valence-corrected chi connectivity index (χ4v) is 19.0. The number of amides is 8. The summed E-state index contributed by atoms with van der Waals surface area (Å²) in [7, 11) is 2.89. The van der Waals surface area contributed by atoms with Gasteiger partial charge in [-0.15, -0.1) is 0 Å². The fraction of sp³-hybridized carbons (Fsp3) is 0.313. The van der Waals surface area contributed by atoms with E-state index in [1.807, 2.05) is 130 Å². The molecule has 12 aromatic rings. The van der Waals surface area contributed by atoms with Crippen LogP contribution in [0.25, 0.3) is 44.6 Å². The molecule has 0 radical (unpaired) electrons. The number of carboxylic acid groups (broad SMARTS) is 1. The van der Waals surface area contributed by atoms with Gasteiger partial charge >= 0.3 is 5.97 Å². The first-order valence-electron chi connectivity index (χ1n) is 45.0. The molecule has 12 heterocycles. The Morgan fingerprint density at radius 2 is 0.985 bits per heavy atom. The lowest BCUT2D eigenvalue weighted by Crippen LogP contribution is -2.52. The van der Waals surface area contributed by atoms with Crippen LogP contribution in [0.3, 0.4) is 0 Å². The molecule has 692 valence electrons. The summed E-state index contributed by atoms with van der Waals surface area (Å²) in [6.07, 6.45) is 6.46. The maximum atomic E-state index is 13.9. The standard InChI is InChI=1S/C49H48FN11O6.C25H25FN6O2.C25H26N4O5/c1-67-40-14-10-34(50)23-38(40)46(63)52-24-29-2-6-31(7-3-29)43-42-44(51)53-28-54-45(42)61(56-43)36-16-17-59(27-36)48(65)32-8-4-30(5-9-32)25-57-18-20-58(21-19-57)35-11-12-37-33(22-35)26-60(49(37)66)39-13-15-41(62)55-47(39)64;1-34-21-9-7-17(26)12-19(21)20(33)8-4-15-2-5-16(6-3-15)23-22-24(27)29-14-30-25(22)32(31-23)18-10-11-28-13-18;30-22-8-7-21(23(31)26-22)29-15-18-13-19(5-6-20(18)24(29)32)28-11-9-27(10-12-28)14-16-1-3-17(4-2-16)25(33)34/h2-12,14,22-23,28,36,39H,13,15-21,24-27H2,1H3,(H,52,63)(H2,51,53,54)(H,55,62,64);2-3,5-7,9,12,14,18,28H,4,8,10-11,13H2,1H3,(H2,27,29,30);1-6,13,21H,7-12,14-15H2,(H,33,34)(H,26,30,31)/t36?,39-;;21-/m0.0/s1. The number of hydrogen-bond acceptors (Lipinski definition) is 25. The molecule has 8 aromatic carbocycles. The zero-order valence-corrected chi connectivity index (χ0v) is 74.3. The second-order valence-electron chi connectivity index (χ2n) is 34.7. The Bertz CT molecular complexity index is 6620. The minimum Gasteiger partial charge on any atom is -0.496 e. The number of benzene rings is 8. The number of nitrogens with one attached hydrogen (secondary N) is 4. The molecular formula is C99H99F2N21O13. The zero-order chi connectivity index (χ0) is 93.8. The zero-order valence-electron chi connectivity index (χ0n) is 74.3. The summed E-state index contributed by atoms with van der Waals surface area (Å²) in [6, 6.07) is 48.5. The Balaban J connectivity index is 0.000000150. The maximum Gasteiger partial charge on any atom is 0.335 e. The van der Waals surface area contributed by atoms with Crippen LogP contribution in [0.2, 0.25) is 0 Å². The highest BCUT2D eigenvalue weighted by atomic mass is 19.1. The molecule has 4 atom stereocenters. The molecule has 6 saturated heterocycles. The van der Waals surface area contributed by atoms with E-state index in [9.17, 15) is 56.7 Å². The van der Waals surface area contributed by atoms with Crippen molar-refractivity contribution in [3.63, 3.8) is 0 Å².